The summed E-state index contributed by atoms with van der Waals surface area (Å²) >= 11 is 0. The van der Waals surface area contributed by atoms with Crippen molar-refractivity contribution >= 4 is 11.7 Å². The number of carbonyl (C=O) groups is 1. The fourth-order valence-electron chi connectivity index (χ4n) is 3.17. The molecule has 1 heterocycles. The molecule has 2 unspecified atom stereocenters. The van der Waals surface area contributed by atoms with Crippen molar-refractivity contribution in [3.8, 4) is 0 Å². The highest BCUT2D eigenvalue weighted by atomic mass is 16.1. The first-order valence-electron chi connectivity index (χ1n) is 8.17. The first-order valence-corrected chi connectivity index (χ1v) is 8.17. The standard InChI is InChI=1S/C17H27N3O/c1-4-12-8-6-7-9-15(12)20-17(21)13-10-14(5-2)19-16(11-13)18-3/h10-12,15H,4-9H2,1-3H3,(H,18,19)(H,20,21). The van der Waals surface area contributed by atoms with Gasteiger partial charge in [-0.3, -0.25) is 4.79 Å². The Labute approximate surface area is 127 Å². The highest BCUT2D eigenvalue weighted by Crippen LogP contribution is 2.27. The minimum absolute atomic E-state index is 0.0361. The zero-order chi connectivity index (χ0) is 15.2. The minimum atomic E-state index is 0.0361. The molecule has 116 valence electrons. The molecule has 4 nitrogen and oxygen atoms in total. The summed E-state index contributed by atoms with van der Waals surface area (Å²) < 4.78 is 0. The number of nitrogens with one attached hydrogen (secondary N) is 2. The molecule has 0 aromatic carbocycles. The van der Waals surface area contributed by atoms with Gasteiger partial charge in [0.2, 0.25) is 0 Å². The van der Waals surface area contributed by atoms with Crippen LogP contribution in [-0.4, -0.2) is 24.0 Å². The number of carbonyl (C=O) groups excluding carboxylic acids is 1. The summed E-state index contributed by atoms with van der Waals surface area (Å²) in [6.45, 7) is 4.27. The number of aryl methyl sites for hydroxylation is 1. The maximum atomic E-state index is 12.5. The smallest absolute Gasteiger partial charge is 0.251 e. The second-order valence-corrected chi connectivity index (χ2v) is 5.87. The van der Waals surface area contributed by atoms with E-state index in [-0.39, 0.29) is 5.91 Å². The molecule has 2 N–H and O–H groups in total. The summed E-state index contributed by atoms with van der Waals surface area (Å²) in [5, 5.41) is 6.27. The lowest BCUT2D eigenvalue weighted by Gasteiger charge is -2.31. The van der Waals surface area contributed by atoms with Crippen molar-refractivity contribution in [2.45, 2.75) is 58.4 Å². The quantitative estimate of drug-likeness (QED) is 0.873. The van der Waals surface area contributed by atoms with Crippen LogP contribution < -0.4 is 10.6 Å². The van der Waals surface area contributed by atoms with Gasteiger partial charge in [-0.05, 0) is 37.3 Å². The van der Waals surface area contributed by atoms with Crippen molar-refractivity contribution in [3.63, 3.8) is 0 Å². The maximum absolute atomic E-state index is 12.5. The molecule has 0 spiro atoms. The molecule has 1 aromatic heterocycles. The van der Waals surface area contributed by atoms with E-state index in [2.05, 4.69) is 29.5 Å². The third-order valence-corrected chi connectivity index (χ3v) is 4.51. The molecule has 1 aliphatic carbocycles. The van der Waals surface area contributed by atoms with Crippen LogP contribution in [-0.2, 0) is 6.42 Å². The normalized spacial score (nSPS) is 21.9. The molecule has 21 heavy (non-hydrogen) atoms. The number of aromatic nitrogens is 1. The molecule has 0 bridgehead atoms. The lowest BCUT2D eigenvalue weighted by atomic mass is 9.83. The average Bonchev–Trinajstić information content (AvgIpc) is 2.54. The van der Waals surface area contributed by atoms with Gasteiger partial charge < -0.3 is 10.6 Å². The third-order valence-electron chi connectivity index (χ3n) is 4.51. The number of pyridine rings is 1. The van der Waals surface area contributed by atoms with Crippen molar-refractivity contribution in [2.24, 2.45) is 5.92 Å². The fourth-order valence-corrected chi connectivity index (χ4v) is 3.17. The second kappa shape index (κ2) is 7.43. The molecule has 1 saturated carbocycles. The summed E-state index contributed by atoms with van der Waals surface area (Å²) in [5.74, 6) is 1.42. The summed E-state index contributed by atoms with van der Waals surface area (Å²) in [5.41, 5.74) is 1.66. The molecule has 1 amide bonds. The van der Waals surface area contributed by atoms with Gasteiger partial charge in [-0.1, -0.05) is 33.1 Å². The average molecular weight is 289 g/mol. The number of hydrogen-bond acceptors (Lipinski definition) is 3. The van der Waals surface area contributed by atoms with Gasteiger partial charge >= 0.3 is 0 Å². The van der Waals surface area contributed by atoms with Gasteiger partial charge in [0.15, 0.2) is 0 Å². The molecule has 1 aromatic rings. The van der Waals surface area contributed by atoms with Gasteiger partial charge in [-0.15, -0.1) is 0 Å². The molecule has 2 atom stereocenters. The monoisotopic (exact) mass is 289 g/mol. The van der Waals surface area contributed by atoms with Gasteiger partial charge in [0.1, 0.15) is 5.82 Å². The van der Waals surface area contributed by atoms with Crippen LogP contribution in [0.5, 0.6) is 0 Å². The molecule has 1 fully saturated rings. The summed E-state index contributed by atoms with van der Waals surface area (Å²) in [6, 6.07) is 4.06. The Hall–Kier alpha value is -1.58. The maximum Gasteiger partial charge on any atom is 0.251 e. The lowest BCUT2D eigenvalue weighted by molar-refractivity contribution is 0.0904. The first kappa shape index (κ1) is 15.8. The Balaban J connectivity index is 2.12. The predicted molar refractivity (Wildman–Crippen MR) is 86.7 cm³/mol. The van der Waals surface area contributed by atoms with E-state index in [9.17, 15) is 4.79 Å². The predicted octanol–water partition coefficient (Wildman–Crippen LogP) is 3.38. The van der Waals surface area contributed by atoms with Crippen LogP contribution in [0.15, 0.2) is 12.1 Å². The van der Waals surface area contributed by atoms with Crippen LogP contribution in [0.2, 0.25) is 0 Å². The molecule has 0 saturated heterocycles. The van der Waals surface area contributed by atoms with Crippen LogP contribution >= 0.6 is 0 Å². The number of rotatable bonds is 5. The van der Waals surface area contributed by atoms with Gasteiger partial charge in [-0.2, -0.15) is 0 Å². The van der Waals surface area contributed by atoms with Crippen molar-refractivity contribution in [3.05, 3.63) is 23.4 Å². The fraction of sp³-hybridized carbons (Fsp3) is 0.647. The Morgan fingerprint density at radius 3 is 2.71 bits per heavy atom. The summed E-state index contributed by atoms with van der Waals surface area (Å²) in [7, 11) is 1.83. The van der Waals surface area contributed by atoms with E-state index in [0.717, 1.165) is 30.8 Å². The van der Waals surface area contributed by atoms with Gasteiger partial charge in [0, 0.05) is 24.3 Å². The van der Waals surface area contributed by atoms with Gasteiger partial charge in [0.05, 0.1) is 0 Å². The van der Waals surface area contributed by atoms with E-state index in [4.69, 9.17) is 0 Å². The van der Waals surface area contributed by atoms with E-state index < -0.39 is 0 Å². The molecular weight excluding hydrogens is 262 g/mol. The summed E-state index contributed by atoms with van der Waals surface area (Å²) in [4.78, 5) is 17.0. The minimum Gasteiger partial charge on any atom is -0.373 e. The highest BCUT2D eigenvalue weighted by molar-refractivity contribution is 5.95. The van der Waals surface area contributed by atoms with Gasteiger partial charge in [-0.25, -0.2) is 4.98 Å². The zero-order valence-electron chi connectivity index (χ0n) is 13.4. The van der Waals surface area contributed by atoms with Crippen LogP contribution in [0.25, 0.3) is 0 Å². The molecule has 0 radical (unpaired) electrons. The Morgan fingerprint density at radius 1 is 1.29 bits per heavy atom. The van der Waals surface area contributed by atoms with Crippen molar-refractivity contribution in [2.75, 3.05) is 12.4 Å². The molecule has 4 heteroatoms. The number of nitrogens with zero attached hydrogens (tertiary/aromatic N) is 1. The number of hydrogen-bond donors (Lipinski definition) is 2. The molecular formula is C17H27N3O. The molecule has 1 aliphatic rings. The Bertz CT molecular complexity index is 465. The number of amides is 1. The second-order valence-electron chi connectivity index (χ2n) is 5.87. The SMILES string of the molecule is CCc1cc(C(=O)NC2CCCCC2CC)cc(NC)n1. The van der Waals surface area contributed by atoms with Gasteiger partial charge in [0.25, 0.3) is 5.91 Å². The zero-order valence-corrected chi connectivity index (χ0v) is 13.4. The van der Waals surface area contributed by atoms with Crippen molar-refractivity contribution < 1.29 is 4.79 Å². The topological polar surface area (TPSA) is 54.0 Å². The van der Waals surface area contributed by atoms with E-state index >= 15 is 0 Å². The first-order chi connectivity index (χ1) is 10.2. The van der Waals surface area contributed by atoms with E-state index in [1.54, 1.807) is 0 Å². The van der Waals surface area contributed by atoms with E-state index in [1.165, 1.54) is 19.3 Å². The van der Waals surface area contributed by atoms with Crippen LogP contribution in [0.1, 0.15) is 62.0 Å². The van der Waals surface area contributed by atoms with Crippen molar-refractivity contribution in [1.82, 2.24) is 10.3 Å². The van der Waals surface area contributed by atoms with E-state index in [1.807, 2.05) is 19.2 Å². The Morgan fingerprint density at radius 2 is 2.05 bits per heavy atom. The van der Waals surface area contributed by atoms with Crippen LogP contribution in [0, 0.1) is 5.92 Å². The van der Waals surface area contributed by atoms with Crippen molar-refractivity contribution in [1.29, 1.82) is 0 Å². The third kappa shape index (κ3) is 3.96. The van der Waals surface area contributed by atoms with E-state index in [0.29, 0.717) is 17.5 Å². The highest BCUT2D eigenvalue weighted by Gasteiger charge is 2.25. The Kier molecular flexibility index (Phi) is 5.59. The molecule has 2 rings (SSSR count). The largest absolute Gasteiger partial charge is 0.373 e. The van der Waals surface area contributed by atoms with Crippen LogP contribution in [0.3, 0.4) is 0 Å². The van der Waals surface area contributed by atoms with Crippen LogP contribution in [0.4, 0.5) is 5.82 Å². The lowest BCUT2D eigenvalue weighted by Crippen LogP contribution is -2.42. The summed E-state index contributed by atoms with van der Waals surface area (Å²) in [6.07, 6.45) is 6.83. The number of anilines is 1. The molecule has 0 aliphatic heterocycles.